The number of piperazine rings is 1. The van der Waals surface area contributed by atoms with E-state index in [2.05, 4.69) is 35.9 Å². The minimum Gasteiger partial charge on any atom is -0.389 e. The van der Waals surface area contributed by atoms with E-state index in [1.165, 1.54) is 12.1 Å². The van der Waals surface area contributed by atoms with Crippen molar-refractivity contribution in [2.45, 2.75) is 32.4 Å². The second kappa shape index (κ2) is 5.72. The SMILES string of the molecule is CCC1CN(c2ccc(C(C)O)cc2)CCN1C. The first-order valence-corrected chi connectivity index (χ1v) is 6.85. The number of nitrogens with zero attached hydrogens (tertiary/aromatic N) is 2. The van der Waals surface area contributed by atoms with Gasteiger partial charge in [0.1, 0.15) is 0 Å². The third-order valence-electron chi connectivity index (χ3n) is 3.99. The number of likely N-dealkylation sites (N-methyl/N-ethyl adjacent to an activating group) is 1. The Hall–Kier alpha value is -1.06. The lowest BCUT2D eigenvalue weighted by Crippen LogP contribution is -2.51. The summed E-state index contributed by atoms with van der Waals surface area (Å²) < 4.78 is 0. The summed E-state index contributed by atoms with van der Waals surface area (Å²) in [5.41, 5.74) is 2.26. The molecule has 100 valence electrons. The van der Waals surface area contributed by atoms with E-state index in [1.807, 2.05) is 12.1 Å². The molecule has 0 radical (unpaired) electrons. The van der Waals surface area contributed by atoms with Crippen molar-refractivity contribution in [3.63, 3.8) is 0 Å². The van der Waals surface area contributed by atoms with Crippen LogP contribution in [-0.2, 0) is 0 Å². The predicted molar refractivity (Wildman–Crippen MR) is 76.0 cm³/mol. The monoisotopic (exact) mass is 248 g/mol. The highest BCUT2D eigenvalue weighted by Gasteiger charge is 2.22. The molecule has 2 atom stereocenters. The van der Waals surface area contributed by atoms with Gasteiger partial charge in [-0.3, -0.25) is 4.90 Å². The molecule has 1 aromatic carbocycles. The van der Waals surface area contributed by atoms with E-state index in [0.29, 0.717) is 6.04 Å². The maximum absolute atomic E-state index is 9.52. The highest BCUT2D eigenvalue weighted by Crippen LogP contribution is 2.22. The Morgan fingerprint density at radius 3 is 2.50 bits per heavy atom. The molecule has 0 amide bonds. The van der Waals surface area contributed by atoms with E-state index < -0.39 is 0 Å². The van der Waals surface area contributed by atoms with Crippen LogP contribution in [0.5, 0.6) is 0 Å². The van der Waals surface area contributed by atoms with Crippen molar-refractivity contribution in [3.05, 3.63) is 29.8 Å². The number of anilines is 1. The van der Waals surface area contributed by atoms with Gasteiger partial charge in [0.25, 0.3) is 0 Å². The highest BCUT2D eigenvalue weighted by atomic mass is 16.3. The molecule has 1 aliphatic heterocycles. The fourth-order valence-corrected chi connectivity index (χ4v) is 2.59. The molecule has 0 saturated carbocycles. The number of hydrogen-bond donors (Lipinski definition) is 1. The van der Waals surface area contributed by atoms with Crippen LogP contribution in [0.4, 0.5) is 5.69 Å². The fourth-order valence-electron chi connectivity index (χ4n) is 2.59. The molecule has 1 saturated heterocycles. The molecule has 0 spiro atoms. The average Bonchev–Trinajstić information content (AvgIpc) is 2.39. The van der Waals surface area contributed by atoms with Gasteiger partial charge < -0.3 is 10.0 Å². The number of benzene rings is 1. The molecule has 3 nitrogen and oxygen atoms in total. The van der Waals surface area contributed by atoms with Crippen LogP contribution in [0.3, 0.4) is 0 Å². The largest absolute Gasteiger partial charge is 0.389 e. The Morgan fingerprint density at radius 2 is 1.94 bits per heavy atom. The molecule has 1 heterocycles. The van der Waals surface area contributed by atoms with E-state index >= 15 is 0 Å². The molecule has 2 unspecified atom stereocenters. The minimum atomic E-state index is -0.380. The molecule has 1 N–H and O–H groups in total. The zero-order valence-corrected chi connectivity index (χ0v) is 11.6. The van der Waals surface area contributed by atoms with Gasteiger partial charge in [-0.25, -0.2) is 0 Å². The van der Waals surface area contributed by atoms with Crippen LogP contribution in [-0.4, -0.2) is 42.7 Å². The molecule has 0 bridgehead atoms. The molecule has 1 aromatic rings. The lowest BCUT2D eigenvalue weighted by atomic mass is 10.1. The summed E-state index contributed by atoms with van der Waals surface area (Å²) in [7, 11) is 2.21. The maximum atomic E-state index is 9.52. The van der Waals surface area contributed by atoms with Crippen LogP contribution < -0.4 is 4.90 Å². The summed E-state index contributed by atoms with van der Waals surface area (Å²) in [6.45, 7) is 7.36. The Balaban J connectivity index is 2.07. The van der Waals surface area contributed by atoms with E-state index in [1.54, 1.807) is 6.92 Å². The molecule has 3 heteroatoms. The third kappa shape index (κ3) is 2.85. The first kappa shape index (κ1) is 13.4. The summed E-state index contributed by atoms with van der Waals surface area (Å²) in [5, 5.41) is 9.52. The van der Waals surface area contributed by atoms with Gasteiger partial charge in [0.15, 0.2) is 0 Å². The van der Waals surface area contributed by atoms with Crippen LogP contribution >= 0.6 is 0 Å². The van der Waals surface area contributed by atoms with Crippen LogP contribution in [0.25, 0.3) is 0 Å². The summed E-state index contributed by atoms with van der Waals surface area (Å²) in [6, 6.07) is 8.95. The normalized spacial score (nSPS) is 23.1. The number of aliphatic hydroxyl groups is 1. The molecule has 0 aromatic heterocycles. The van der Waals surface area contributed by atoms with Crippen LogP contribution in [0.1, 0.15) is 31.9 Å². The van der Waals surface area contributed by atoms with Crippen molar-refractivity contribution in [2.24, 2.45) is 0 Å². The number of aliphatic hydroxyl groups excluding tert-OH is 1. The van der Waals surface area contributed by atoms with Gasteiger partial charge >= 0.3 is 0 Å². The Morgan fingerprint density at radius 1 is 1.28 bits per heavy atom. The zero-order valence-electron chi connectivity index (χ0n) is 11.6. The molecule has 2 rings (SSSR count). The first-order valence-electron chi connectivity index (χ1n) is 6.85. The van der Waals surface area contributed by atoms with Crippen LogP contribution in [0.2, 0.25) is 0 Å². The van der Waals surface area contributed by atoms with Crippen molar-refractivity contribution in [2.75, 3.05) is 31.6 Å². The molecule has 18 heavy (non-hydrogen) atoms. The maximum Gasteiger partial charge on any atom is 0.0761 e. The van der Waals surface area contributed by atoms with E-state index in [9.17, 15) is 5.11 Å². The predicted octanol–water partition coefficient (Wildman–Crippen LogP) is 2.27. The topological polar surface area (TPSA) is 26.7 Å². The van der Waals surface area contributed by atoms with Gasteiger partial charge in [0, 0.05) is 31.4 Å². The van der Waals surface area contributed by atoms with Crippen LogP contribution in [0.15, 0.2) is 24.3 Å². The van der Waals surface area contributed by atoms with Crippen molar-refractivity contribution < 1.29 is 5.11 Å². The molecule has 0 aliphatic carbocycles. The Labute approximate surface area is 110 Å². The van der Waals surface area contributed by atoms with Crippen LogP contribution in [0, 0.1) is 0 Å². The van der Waals surface area contributed by atoms with E-state index in [-0.39, 0.29) is 6.10 Å². The summed E-state index contributed by atoms with van der Waals surface area (Å²) >= 11 is 0. The van der Waals surface area contributed by atoms with Crippen molar-refractivity contribution in [3.8, 4) is 0 Å². The van der Waals surface area contributed by atoms with Gasteiger partial charge in [0.05, 0.1) is 6.10 Å². The summed E-state index contributed by atoms with van der Waals surface area (Å²) in [4.78, 5) is 4.89. The zero-order chi connectivity index (χ0) is 13.1. The van der Waals surface area contributed by atoms with Crippen molar-refractivity contribution in [1.29, 1.82) is 0 Å². The first-order chi connectivity index (χ1) is 8.61. The molecule has 1 fully saturated rings. The van der Waals surface area contributed by atoms with Gasteiger partial charge in [-0.2, -0.15) is 0 Å². The quantitative estimate of drug-likeness (QED) is 0.889. The minimum absolute atomic E-state index is 0.380. The van der Waals surface area contributed by atoms with Gasteiger partial charge in [0.2, 0.25) is 0 Å². The summed E-state index contributed by atoms with van der Waals surface area (Å²) in [5.74, 6) is 0. The Kier molecular flexibility index (Phi) is 4.25. The van der Waals surface area contributed by atoms with Gasteiger partial charge in [-0.15, -0.1) is 0 Å². The van der Waals surface area contributed by atoms with Gasteiger partial charge in [-0.1, -0.05) is 19.1 Å². The van der Waals surface area contributed by atoms with Crippen molar-refractivity contribution >= 4 is 5.69 Å². The number of rotatable bonds is 3. The second-order valence-corrected chi connectivity index (χ2v) is 5.26. The smallest absolute Gasteiger partial charge is 0.0761 e. The highest BCUT2D eigenvalue weighted by molar-refractivity contribution is 5.48. The lowest BCUT2D eigenvalue weighted by Gasteiger charge is -2.40. The van der Waals surface area contributed by atoms with Crippen molar-refractivity contribution in [1.82, 2.24) is 4.90 Å². The molecular formula is C15H24N2O. The molecule has 1 aliphatic rings. The lowest BCUT2D eigenvalue weighted by molar-refractivity contribution is 0.199. The van der Waals surface area contributed by atoms with E-state index in [0.717, 1.165) is 25.2 Å². The average molecular weight is 248 g/mol. The standard InChI is InChI=1S/C15H24N2O/c1-4-14-11-17(10-9-16(14)3)15-7-5-13(6-8-15)12(2)18/h5-8,12,14,18H,4,9-11H2,1-3H3. The second-order valence-electron chi connectivity index (χ2n) is 5.26. The fraction of sp³-hybridized carbons (Fsp3) is 0.600. The van der Waals surface area contributed by atoms with Gasteiger partial charge in [-0.05, 0) is 38.1 Å². The summed E-state index contributed by atoms with van der Waals surface area (Å²) in [6.07, 6.45) is 0.814. The third-order valence-corrected chi connectivity index (χ3v) is 3.99. The molecular weight excluding hydrogens is 224 g/mol. The Bertz CT molecular complexity index is 375. The number of hydrogen-bond acceptors (Lipinski definition) is 3. The van der Waals surface area contributed by atoms with E-state index in [4.69, 9.17) is 0 Å².